The lowest BCUT2D eigenvalue weighted by molar-refractivity contribution is 0.761. The minimum atomic E-state index is 0.325. The van der Waals surface area contributed by atoms with Gasteiger partial charge in [-0.15, -0.1) is 11.3 Å². The van der Waals surface area contributed by atoms with Crippen molar-refractivity contribution < 1.29 is 0 Å². The van der Waals surface area contributed by atoms with Crippen LogP contribution in [0.25, 0.3) is 21.3 Å². The molecule has 0 bridgehead atoms. The maximum Gasteiger partial charge on any atom is 0.225 e. The summed E-state index contributed by atoms with van der Waals surface area (Å²) in [6.07, 6.45) is 3.25. The predicted molar refractivity (Wildman–Crippen MR) is 120 cm³/mol. The van der Waals surface area contributed by atoms with E-state index >= 15 is 0 Å². The molecule has 2 heterocycles. The molecule has 27 heavy (non-hydrogen) atoms. The SMILES string of the molecule is CCCCN(C)c1nc(Cl)nc2sc(CC)c(-c3ccc(C(C)C)cc3)c12. The Morgan fingerprint density at radius 1 is 1.11 bits per heavy atom. The molecule has 144 valence electrons. The molecule has 5 heteroatoms. The molecule has 0 fully saturated rings. The van der Waals surface area contributed by atoms with Gasteiger partial charge in [0, 0.05) is 24.0 Å². The number of rotatable bonds is 7. The van der Waals surface area contributed by atoms with Gasteiger partial charge in [0.2, 0.25) is 5.28 Å². The zero-order valence-electron chi connectivity index (χ0n) is 16.8. The van der Waals surface area contributed by atoms with E-state index in [0.29, 0.717) is 11.2 Å². The fourth-order valence-corrected chi connectivity index (χ4v) is 4.71. The second-order valence-corrected chi connectivity index (χ2v) is 8.72. The van der Waals surface area contributed by atoms with Gasteiger partial charge in [-0.25, -0.2) is 4.98 Å². The van der Waals surface area contributed by atoms with Crippen LogP contribution in [0.3, 0.4) is 0 Å². The summed E-state index contributed by atoms with van der Waals surface area (Å²) in [7, 11) is 2.10. The zero-order chi connectivity index (χ0) is 19.6. The van der Waals surface area contributed by atoms with Gasteiger partial charge in [0.1, 0.15) is 10.6 Å². The third-order valence-electron chi connectivity index (χ3n) is 4.97. The molecule has 0 aliphatic carbocycles. The lowest BCUT2D eigenvalue weighted by Gasteiger charge is -2.19. The Morgan fingerprint density at radius 2 is 1.81 bits per heavy atom. The van der Waals surface area contributed by atoms with Crippen LogP contribution in [0.2, 0.25) is 5.28 Å². The van der Waals surface area contributed by atoms with Crippen LogP contribution in [0, 0.1) is 0 Å². The van der Waals surface area contributed by atoms with Crippen LogP contribution >= 0.6 is 22.9 Å². The molecule has 0 saturated carbocycles. The topological polar surface area (TPSA) is 29.0 Å². The third-order valence-corrected chi connectivity index (χ3v) is 6.37. The lowest BCUT2D eigenvalue weighted by Crippen LogP contribution is -2.20. The summed E-state index contributed by atoms with van der Waals surface area (Å²) < 4.78 is 0. The van der Waals surface area contributed by atoms with Crippen LogP contribution in [0.5, 0.6) is 0 Å². The monoisotopic (exact) mass is 401 g/mol. The van der Waals surface area contributed by atoms with Crippen LogP contribution in [-0.2, 0) is 6.42 Å². The van der Waals surface area contributed by atoms with E-state index in [1.807, 2.05) is 0 Å². The van der Waals surface area contributed by atoms with Gasteiger partial charge in [-0.1, -0.05) is 58.4 Å². The summed E-state index contributed by atoms with van der Waals surface area (Å²) in [6, 6.07) is 8.95. The number of halogens is 1. The first-order valence-electron chi connectivity index (χ1n) is 9.76. The number of hydrogen-bond acceptors (Lipinski definition) is 4. The first-order chi connectivity index (χ1) is 13.0. The normalized spacial score (nSPS) is 11.5. The van der Waals surface area contributed by atoms with Crippen molar-refractivity contribution in [3.05, 3.63) is 40.0 Å². The molecule has 3 aromatic rings. The Morgan fingerprint density at radius 3 is 2.41 bits per heavy atom. The van der Waals surface area contributed by atoms with Crippen molar-refractivity contribution in [2.45, 2.75) is 52.9 Å². The molecule has 0 unspecified atom stereocenters. The minimum absolute atomic E-state index is 0.325. The van der Waals surface area contributed by atoms with E-state index in [-0.39, 0.29) is 0 Å². The van der Waals surface area contributed by atoms with Gasteiger partial charge in [-0.3, -0.25) is 0 Å². The Bertz CT molecular complexity index is 915. The van der Waals surface area contributed by atoms with Gasteiger partial charge in [-0.2, -0.15) is 4.98 Å². The van der Waals surface area contributed by atoms with Gasteiger partial charge in [-0.05, 0) is 41.5 Å². The summed E-state index contributed by atoms with van der Waals surface area (Å²) in [5, 5.41) is 1.46. The molecule has 2 aromatic heterocycles. The van der Waals surface area contributed by atoms with Crippen LogP contribution < -0.4 is 4.90 Å². The fourth-order valence-electron chi connectivity index (χ4n) is 3.37. The first kappa shape index (κ1) is 20.1. The maximum absolute atomic E-state index is 6.27. The first-order valence-corrected chi connectivity index (χ1v) is 11.0. The highest BCUT2D eigenvalue weighted by atomic mass is 35.5. The summed E-state index contributed by atoms with van der Waals surface area (Å²) >= 11 is 8.00. The molecular formula is C22H28ClN3S. The number of anilines is 1. The van der Waals surface area contributed by atoms with Crippen molar-refractivity contribution in [2.75, 3.05) is 18.5 Å². The molecule has 3 nitrogen and oxygen atoms in total. The summed E-state index contributed by atoms with van der Waals surface area (Å²) in [4.78, 5) is 13.7. The Kier molecular flexibility index (Phi) is 6.38. The van der Waals surface area contributed by atoms with Crippen molar-refractivity contribution >= 4 is 39.0 Å². The average Bonchev–Trinajstić information content (AvgIpc) is 3.03. The number of aryl methyl sites for hydroxylation is 1. The highest BCUT2D eigenvalue weighted by Crippen LogP contribution is 2.43. The third kappa shape index (κ3) is 4.12. The summed E-state index contributed by atoms with van der Waals surface area (Å²) in [5.41, 5.74) is 3.86. The number of fused-ring (bicyclic) bond motifs is 1. The van der Waals surface area contributed by atoms with Crippen molar-refractivity contribution in [2.24, 2.45) is 0 Å². The van der Waals surface area contributed by atoms with E-state index in [4.69, 9.17) is 11.6 Å². The van der Waals surface area contributed by atoms with Gasteiger partial charge in [0.25, 0.3) is 0 Å². The molecule has 0 aliphatic heterocycles. The largest absolute Gasteiger partial charge is 0.359 e. The molecule has 3 rings (SSSR count). The standard InChI is InChI=1S/C22H28ClN3S/c1-6-8-13-26(5)20-19-18(16-11-9-15(10-12-16)14(3)4)17(7-2)27-21(19)25-22(23)24-20/h9-12,14H,6-8,13H2,1-5H3. The second kappa shape index (κ2) is 8.57. The van der Waals surface area contributed by atoms with Crippen molar-refractivity contribution in [3.63, 3.8) is 0 Å². The highest BCUT2D eigenvalue weighted by molar-refractivity contribution is 7.19. The van der Waals surface area contributed by atoms with Crippen LogP contribution in [-0.4, -0.2) is 23.6 Å². The Labute approximate surface area is 171 Å². The quantitative estimate of drug-likeness (QED) is 0.401. The van der Waals surface area contributed by atoms with Gasteiger partial charge in [0.15, 0.2) is 0 Å². The summed E-state index contributed by atoms with van der Waals surface area (Å²) in [5.74, 6) is 1.47. The van der Waals surface area contributed by atoms with E-state index in [1.54, 1.807) is 11.3 Å². The highest BCUT2D eigenvalue weighted by Gasteiger charge is 2.21. The van der Waals surface area contributed by atoms with Crippen LogP contribution in [0.1, 0.15) is 56.9 Å². The van der Waals surface area contributed by atoms with Crippen molar-refractivity contribution in [1.82, 2.24) is 9.97 Å². The Hall–Kier alpha value is -1.65. The molecule has 0 atom stereocenters. The zero-order valence-corrected chi connectivity index (χ0v) is 18.4. The van der Waals surface area contributed by atoms with Crippen LogP contribution in [0.4, 0.5) is 5.82 Å². The molecule has 0 saturated heterocycles. The second-order valence-electron chi connectivity index (χ2n) is 7.30. The average molecular weight is 402 g/mol. The van der Waals surface area contributed by atoms with Gasteiger partial charge in [0.05, 0.1) is 5.39 Å². The minimum Gasteiger partial charge on any atom is -0.359 e. The lowest BCUT2D eigenvalue weighted by atomic mass is 9.97. The molecule has 0 radical (unpaired) electrons. The number of benzene rings is 1. The number of unbranched alkanes of at least 4 members (excludes halogenated alkanes) is 1. The number of hydrogen-bond donors (Lipinski definition) is 0. The van der Waals surface area contributed by atoms with Crippen molar-refractivity contribution in [1.29, 1.82) is 0 Å². The molecule has 0 amide bonds. The number of thiophene rings is 1. The maximum atomic E-state index is 6.27. The molecular weight excluding hydrogens is 374 g/mol. The molecule has 0 aliphatic rings. The van der Waals surface area contributed by atoms with Crippen molar-refractivity contribution in [3.8, 4) is 11.1 Å². The molecule has 0 spiro atoms. The predicted octanol–water partition coefficient (Wildman–Crippen LogP) is 6.93. The van der Waals surface area contributed by atoms with E-state index in [9.17, 15) is 0 Å². The summed E-state index contributed by atoms with van der Waals surface area (Å²) in [6.45, 7) is 9.82. The van der Waals surface area contributed by atoms with E-state index < -0.39 is 0 Å². The number of aromatic nitrogens is 2. The van der Waals surface area contributed by atoms with E-state index in [1.165, 1.54) is 21.6 Å². The Balaban J connectivity index is 2.21. The fraction of sp³-hybridized carbons (Fsp3) is 0.455. The van der Waals surface area contributed by atoms with E-state index in [0.717, 1.165) is 41.8 Å². The van der Waals surface area contributed by atoms with Gasteiger partial charge < -0.3 is 4.90 Å². The molecule has 0 N–H and O–H groups in total. The van der Waals surface area contributed by atoms with Crippen LogP contribution in [0.15, 0.2) is 24.3 Å². The van der Waals surface area contributed by atoms with E-state index in [2.05, 4.69) is 73.9 Å². The smallest absolute Gasteiger partial charge is 0.225 e. The van der Waals surface area contributed by atoms with Gasteiger partial charge >= 0.3 is 0 Å². The molecule has 1 aromatic carbocycles. The number of nitrogens with zero attached hydrogens (tertiary/aromatic N) is 3.